The summed E-state index contributed by atoms with van der Waals surface area (Å²) in [4.78, 5) is 13.7. The minimum absolute atomic E-state index is 0.442. The summed E-state index contributed by atoms with van der Waals surface area (Å²) in [6.45, 7) is 7.28. The summed E-state index contributed by atoms with van der Waals surface area (Å²) in [5, 5.41) is 4.21. The second kappa shape index (κ2) is 7.25. The monoisotopic (exact) mass is 309 g/mol. The van der Waals surface area contributed by atoms with E-state index in [1.54, 1.807) is 12.1 Å². The van der Waals surface area contributed by atoms with E-state index in [1.165, 1.54) is 0 Å². The molecule has 0 bridgehead atoms. The highest BCUT2D eigenvalue weighted by Crippen LogP contribution is 2.22. The number of nitrogens with two attached hydrogens (primary N) is 1. The maximum absolute atomic E-state index is 11.2. The molecule has 1 fully saturated rings. The molecule has 1 saturated heterocycles. The molecule has 21 heavy (non-hydrogen) atoms. The Bertz CT molecular complexity index is 506. The standard InChI is InChI=1S/C16H24ClN3O/c1-3-13-10-20(14(4-2)8-19-13)9-12-6-5-11(16(18)21)7-15(12)17/h5-7,13-14,19H,3-4,8-10H2,1-2H3,(H2,18,21). The van der Waals surface area contributed by atoms with Crippen LogP contribution in [0.2, 0.25) is 5.02 Å². The number of nitrogens with one attached hydrogen (secondary N) is 1. The summed E-state index contributed by atoms with van der Waals surface area (Å²) >= 11 is 6.30. The van der Waals surface area contributed by atoms with Crippen LogP contribution in [0.15, 0.2) is 18.2 Å². The molecule has 2 atom stereocenters. The largest absolute Gasteiger partial charge is 0.366 e. The van der Waals surface area contributed by atoms with Crippen molar-refractivity contribution < 1.29 is 4.79 Å². The Kier molecular flexibility index (Phi) is 5.62. The molecule has 1 amide bonds. The van der Waals surface area contributed by atoms with E-state index in [-0.39, 0.29) is 0 Å². The van der Waals surface area contributed by atoms with Crippen LogP contribution in [0.4, 0.5) is 0 Å². The Morgan fingerprint density at radius 1 is 1.43 bits per heavy atom. The SMILES string of the molecule is CCC1CN(Cc2ccc(C(N)=O)cc2Cl)C(CC)CN1. The number of rotatable bonds is 5. The van der Waals surface area contributed by atoms with Gasteiger partial charge in [-0.25, -0.2) is 0 Å². The number of carbonyl (C=O) groups excluding carboxylic acids is 1. The first kappa shape index (κ1) is 16.3. The van der Waals surface area contributed by atoms with Crippen LogP contribution in [0, 0.1) is 0 Å². The number of halogens is 1. The van der Waals surface area contributed by atoms with E-state index in [4.69, 9.17) is 17.3 Å². The molecule has 2 unspecified atom stereocenters. The molecule has 1 heterocycles. The Labute approximate surface area is 131 Å². The van der Waals surface area contributed by atoms with E-state index >= 15 is 0 Å². The fourth-order valence-corrected chi connectivity index (χ4v) is 3.09. The number of nitrogens with zero attached hydrogens (tertiary/aromatic N) is 1. The molecule has 0 aromatic heterocycles. The lowest BCUT2D eigenvalue weighted by molar-refractivity contribution is 0.1000. The van der Waals surface area contributed by atoms with E-state index in [2.05, 4.69) is 24.1 Å². The fourth-order valence-electron chi connectivity index (χ4n) is 2.85. The van der Waals surface area contributed by atoms with E-state index in [9.17, 15) is 4.79 Å². The third-order valence-corrected chi connectivity index (χ3v) is 4.64. The van der Waals surface area contributed by atoms with Crippen LogP contribution >= 0.6 is 11.6 Å². The van der Waals surface area contributed by atoms with Crippen LogP contribution in [0.3, 0.4) is 0 Å². The molecule has 2 rings (SSSR count). The molecule has 0 radical (unpaired) electrons. The normalized spacial score (nSPS) is 23.2. The fraction of sp³-hybridized carbons (Fsp3) is 0.562. The average Bonchev–Trinajstić information content (AvgIpc) is 2.49. The molecule has 1 aromatic carbocycles. The van der Waals surface area contributed by atoms with Gasteiger partial charge in [0, 0.05) is 42.3 Å². The molecule has 0 aliphatic carbocycles. The van der Waals surface area contributed by atoms with Crippen molar-refractivity contribution in [3.05, 3.63) is 34.3 Å². The number of carbonyl (C=O) groups is 1. The summed E-state index contributed by atoms with van der Waals surface area (Å²) in [7, 11) is 0. The highest BCUT2D eigenvalue weighted by Gasteiger charge is 2.26. The van der Waals surface area contributed by atoms with Gasteiger partial charge in [-0.3, -0.25) is 9.69 Å². The summed E-state index contributed by atoms with van der Waals surface area (Å²) in [5.41, 5.74) is 6.79. The Morgan fingerprint density at radius 3 is 2.76 bits per heavy atom. The van der Waals surface area contributed by atoms with Crippen molar-refractivity contribution in [2.24, 2.45) is 5.73 Å². The number of piperazine rings is 1. The van der Waals surface area contributed by atoms with Crippen LogP contribution in [0.5, 0.6) is 0 Å². The van der Waals surface area contributed by atoms with Gasteiger partial charge in [-0.1, -0.05) is 31.5 Å². The Hall–Kier alpha value is -1.10. The third-order valence-electron chi connectivity index (χ3n) is 4.29. The number of primary amides is 1. The Balaban J connectivity index is 2.13. The van der Waals surface area contributed by atoms with E-state index in [0.717, 1.165) is 38.0 Å². The van der Waals surface area contributed by atoms with Gasteiger partial charge in [0.2, 0.25) is 5.91 Å². The molecular weight excluding hydrogens is 286 g/mol. The predicted octanol–water partition coefficient (Wildman–Crippen LogP) is 2.40. The zero-order valence-electron chi connectivity index (χ0n) is 12.7. The second-order valence-corrected chi connectivity index (χ2v) is 6.08. The molecule has 0 saturated carbocycles. The maximum Gasteiger partial charge on any atom is 0.248 e. The molecule has 1 aromatic rings. The first-order chi connectivity index (χ1) is 10.0. The third kappa shape index (κ3) is 3.96. The predicted molar refractivity (Wildman–Crippen MR) is 86.5 cm³/mol. The lowest BCUT2D eigenvalue weighted by Gasteiger charge is -2.40. The molecular formula is C16H24ClN3O. The number of hydrogen-bond donors (Lipinski definition) is 2. The highest BCUT2D eigenvalue weighted by atomic mass is 35.5. The topological polar surface area (TPSA) is 58.4 Å². The molecule has 3 N–H and O–H groups in total. The quantitative estimate of drug-likeness (QED) is 0.878. The number of hydrogen-bond acceptors (Lipinski definition) is 3. The van der Waals surface area contributed by atoms with Crippen LogP contribution < -0.4 is 11.1 Å². The van der Waals surface area contributed by atoms with Gasteiger partial charge in [-0.05, 0) is 30.5 Å². The van der Waals surface area contributed by atoms with Crippen LogP contribution in [0.25, 0.3) is 0 Å². The van der Waals surface area contributed by atoms with Crippen molar-refractivity contribution in [3.8, 4) is 0 Å². The second-order valence-electron chi connectivity index (χ2n) is 5.68. The van der Waals surface area contributed by atoms with Gasteiger partial charge in [0.05, 0.1) is 0 Å². The smallest absolute Gasteiger partial charge is 0.248 e. The van der Waals surface area contributed by atoms with Gasteiger partial charge in [-0.15, -0.1) is 0 Å². The van der Waals surface area contributed by atoms with Crippen molar-refractivity contribution in [1.82, 2.24) is 10.2 Å². The molecule has 1 aliphatic heterocycles. The zero-order chi connectivity index (χ0) is 15.4. The molecule has 5 heteroatoms. The summed E-state index contributed by atoms with van der Waals surface area (Å²) in [6, 6.07) is 6.40. The summed E-state index contributed by atoms with van der Waals surface area (Å²) in [5.74, 6) is -0.442. The van der Waals surface area contributed by atoms with Gasteiger partial charge < -0.3 is 11.1 Å². The van der Waals surface area contributed by atoms with Crippen molar-refractivity contribution in [3.63, 3.8) is 0 Å². The van der Waals surface area contributed by atoms with E-state index < -0.39 is 5.91 Å². The van der Waals surface area contributed by atoms with Gasteiger partial charge >= 0.3 is 0 Å². The van der Waals surface area contributed by atoms with Crippen molar-refractivity contribution in [1.29, 1.82) is 0 Å². The first-order valence-corrected chi connectivity index (χ1v) is 7.98. The first-order valence-electron chi connectivity index (χ1n) is 7.60. The summed E-state index contributed by atoms with van der Waals surface area (Å²) < 4.78 is 0. The minimum Gasteiger partial charge on any atom is -0.366 e. The maximum atomic E-state index is 11.2. The van der Waals surface area contributed by atoms with Gasteiger partial charge in [0.25, 0.3) is 0 Å². The summed E-state index contributed by atoms with van der Waals surface area (Å²) in [6.07, 6.45) is 2.24. The van der Waals surface area contributed by atoms with Crippen LogP contribution in [0.1, 0.15) is 42.6 Å². The van der Waals surface area contributed by atoms with Gasteiger partial charge in [0.15, 0.2) is 0 Å². The van der Waals surface area contributed by atoms with Gasteiger partial charge in [0.1, 0.15) is 0 Å². The van der Waals surface area contributed by atoms with Crippen molar-refractivity contribution in [2.45, 2.75) is 45.3 Å². The van der Waals surface area contributed by atoms with Crippen LogP contribution in [-0.4, -0.2) is 36.0 Å². The lowest BCUT2D eigenvalue weighted by atomic mass is 10.0. The van der Waals surface area contributed by atoms with Crippen molar-refractivity contribution >= 4 is 17.5 Å². The average molecular weight is 310 g/mol. The molecule has 4 nitrogen and oxygen atoms in total. The number of benzene rings is 1. The molecule has 1 aliphatic rings. The Morgan fingerprint density at radius 2 is 2.19 bits per heavy atom. The van der Waals surface area contributed by atoms with Crippen molar-refractivity contribution in [2.75, 3.05) is 13.1 Å². The van der Waals surface area contributed by atoms with Gasteiger partial charge in [-0.2, -0.15) is 0 Å². The number of amides is 1. The zero-order valence-corrected chi connectivity index (χ0v) is 13.5. The molecule has 116 valence electrons. The molecule has 0 spiro atoms. The van der Waals surface area contributed by atoms with Crippen LogP contribution in [-0.2, 0) is 6.54 Å². The lowest BCUT2D eigenvalue weighted by Crippen LogP contribution is -2.55. The van der Waals surface area contributed by atoms with E-state index in [0.29, 0.717) is 22.7 Å². The minimum atomic E-state index is -0.442. The highest BCUT2D eigenvalue weighted by molar-refractivity contribution is 6.31. The van der Waals surface area contributed by atoms with E-state index in [1.807, 2.05) is 6.07 Å².